The maximum absolute atomic E-state index is 13.4. The van der Waals surface area contributed by atoms with E-state index in [0.29, 0.717) is 4.88 Å². The van der Waals surface area contributed by atoms with E-state index in [1.807, 2.05) is 36.4 Å². The first-order chi connectivity index (χ1) is 7.68. The van der Waals surface area contributed by atoms with Gasteiger partial charge in [-0.05, 0) is 17.7 Å². The lowest BCUT2D eigenvalue weighted by molar-refractivity contribution is 0.764. The fourth-order valence-corrected chi connectivity index (χ4v) is 2.58. The van der Waals surface area contributed by atoms with Crippen LogP contribution in [0.15, 0.2) is 47.0 Å². The van der Waals surface area contributed by atoms with Gasteiger partial charge in [0.1, 0.15) is 4.49 Å². The standard InChI is InChI=1S/C12H7Cl2FS/c13-12(14)11(15)10-7-6-9(16-10)8-4-2-1-3-5-8/h1-7H. The molecule has 0 radical (unpaired) electrons. The van der Waals surface area contributed by atoms with Crippen LogP contribution in [0, 0.1) is 0 Å². The molecule has 0 atom stereocenters. The zero-order valence-corrected chi connectivity index (χ0v) is 10.4. The third-order valence-corrected chi connectivity index (χ3v) is 3.51. The van der Waals surface area contributed by atoms with Crippen molar-refractivity contribution in [1.82, 2.24) is 0 Å². The van der Waals surface area contributed by atoms with Crippen molar-refractivity contribution in [2.75, 3.05) is 0 Å². The lowest BCUT2D eigenvalue weighted by atomic mass is 10.2. The number of benzene rings is 1. The smallest absolute Gasteiger partial charge is 0.170 e. The molecule has 82 valence electrons. The van der Waals surface area contributed by atoms with Crippen LogP contribution in [0.25, 0.3) is 16.3 Å². The Labute approximate surface area is 107 Å². The van der Waals surface area contributed by atoms with Gasteiger partial charge in [0.25, 0.3) is 0 Å². The molecule has 0 aliphatic rings. The van der Waals surface area contributed by atoms with Gasteiger partial charge in [0, 0.05) is 4.88 Å². The van der Waals surface area contributed by atoms with Gasteiger partial charge in [-0.25, -0.2) is 4.39 Å². The molecule has 0 aliphatic carbocycles. The second-order valence-corrected chi connectivity index (χ2v) is 5.14. The van der Waals surface area contributed by atoms with Gasteiger partial charge in [-0.2, -0.15) is 0 Å². The minimum atomic E-state index is -0.574. The molecule has 0 aliphatic heterocycles. The van der Waals surface area contributed by atoms with Crippen LogP contribution >= 0.6 is 34.5 Å². The van der Waals surface area contributed by atoms with Gasteiger partial charge in [0.2, 0.25) is 0 Å². The Bertz CT molecular complexity index is 513. The molecular weight excluding hydrogens is 266 g/mol. The molecule has 16 heavy (non-hydrogen) atoms. The summed E-state index contributed by atoms with van der Waals surface area (Å²) in [5.41, 5.74) is 1.05. The molecule has 0 spiro atoms. The minimum absolute atomic E-state index is 0.332. The number of halogens is 3. The van der Waals surface area contributed by atoms with Gasteiger partial charge in [-0.3, -0.25) is 0 Å². The van der Waals surface area contributed by atoms with Crippen LogP contribution < -0.4 is 0 Å². The molecule has 0 nitrogen and oxygen atoms in total. The van der Waals surface area contributed by atoms with E-state index in [2.05, 4.69) is 0 Å². The highest BCUT2D eigenvalue weighted by molar-refractivity contribution is 7.16. The second-order valence-electron chi connectivity index (χ2n) is 3.10. The topological polar surface area (TPSA) is 0 Å². The summed E-state index contributed by atoms with van der Waals surface area (Å²) in [5, 5.41) is 0. The molecule has 1 aromatic carbocycles. The van der Waals surface area contributed by atoms with Crippen molar-refractivity contribution in [1.29, 1.82) is 0 Å². The molecule has 1 heterocycles. The van der Waals surface area contributed by atoms with E-state index in [4.69, 9.17) is 23.2 Å². The average Bonchev–Trinajstić information content (AvgIpc) is 2.78. The van der Waals surface area contributed by atoms with Crippen LogP contribution in [0.3, 0.4) is 0 Å². The first-order valence-corrected chi connectivity index (χ1v) is 6.12. The Kier molecular flexibility index (Phi) is 3.64. The summed E-state index contributed by atoms with van der Waals surface area (Å²) in [6, 6.07) is 13.3. The molecule has 0 saturated heterocycles. The highest BCUT2D eigenvalue weighted by Gasteiger charge is 2.09. The van der Waals surface area contributed by atoms with E-state index in [9.17, 15) is 4.39 Å². The van der Waals surface area contributed by atoms with Crippen molar-refractivity contribution in [2.24, 2.45) is 0 Å². The van der Waals surface area contributed by atoms with Crippen molar-refractivity contribution in [3.8, 4) is 10.4 Å². The largest absolute Gasteiger partial charge is 0.203 e. The summed E-state index contributed by atoms with van der Waals surface area (Å²) in [4.78, 5) is 1.43. The van der Waals surface area contributed by atoms with Gasteiger partial charge >= 0.3 is 0 Å². The Balaban J connectivity index is 2.38. The molecule has 4 heteroatoms. The van der Waals surface area contributed by atoms with Gasteiger partial charge in [-0.15, -0.1) is 11.3 Å². The molecule has 2 rings (SSSR count). The SMILES string of the molecule is FC(=C(Cl)Cl)c1ccc(-c2ccccc2)s1. The molecular formula is C12H7Cl2FS. The van der Waals surface area contributed by atoms with E-state index in [0.717, 1.165) is 10.4 Å². The Morgan fingerprint density at radius 2 is 1.69 bits per heavy atom. The van der Waals surface area contributed by atoms with Crippen molar-refractivity contribution in [3.05, 3.63) is 51.8 Å². The maximum Gasteiger partial charge on any atom is 0.170 e. The predicted octanol–water partition coefficient (Wildman–Crippen LogP) is 5.49. The van der Waals surface area contributed by atoms with E-state index >= 15 is 0 Å². The van der Waals surface area contributed by atoms with Crippen LogP contribution in [0.4, 0.5) is 4.39 Å². The monoisotopic (exact) mass is 272 g/mol. The van der Waals surface area contributed by atoms with Gasteiger partial charge in [-0.1, -0.05) is 53.5 Å². The summed E-state index contributed by atoms with van der Waals surface area (Å²) in [6.45, 7) is 0. The molecule has 0 bridgehead atoms. The number of rotatable bonds is 2. The number of hydrogen-bond donors (Lipinski definition) is 0. The number of hydrogen-bond acceptors (Lipinski definition) is 1. The van der Waals surface area contributed by atoms with Crippen molar-refractivity contribution in [3.63, 3.8) is 0 Å². The maximum atomic E-state index is 13.4. The third kappa shape index (κ3) is 2.46. The summed E-state index contributed by atoms with van der Waals surface area (Å²) in [7, 11) is 0. The molecule has 0 amide bonds. The van der Waals surface area contributed by atoms with E-state index in [1.54, 1.807) is 6.07 Å². The first-order valence-electron chi connectivity index (χ1n) is 4.55. The molecule has 0 unspecified atom stereocenters. The molecule has 2 aromatic rings. The van der Waals surface area contributed by atoms with E-state index in [-0.39, 0.29) is 4.49 Å². The first kappa shape index (κ1) is 11.6. The zero-order chi connectivity index (χ0) is 11.5. The second kappa shape index (κ2) is 5.00. The number of thiophene rings is 1. The Morgan fingerprint density at radius 1 is 1.00 bits per heavy atom. The van der Waals surface area contributed by atoms with Crippen molar-refractivity contribution >= 4 is 40.4 Å². The van der Waals surface area contributed by atoms with Crippen LogP contribution in [-0.4, -0.2) is 0 Å². The Hall–Kier alpha value is -0.830. The van der Waals surface area contributed by atoms with Gasteiger partial charge in [0.05, 0.1) is 4.88 Å². The van der Waals surface area contributed by atoms with E-state index < -0.39 is 5.83 Å². The fourth-order valence-electron chi connectivity index (χ4n) is 1.31. The normalized spacial score (nSPS) is 10.2. The average molecular weight is 273 g/mol. The molecule has 0 N–H and O–H groups in total. The lowest BCUT2D eigenvalue weighted by Gasteiger charge is -1.95. The summed E-state index contributed by atoms with van der Waals surface area (Å²) < 4.78 is 13.1. The van der Waals surface area contributed by atoms with Crippen LogP contribution in [0.2, 0.25) is 0 Å². The fraction of sp³-hybridized carbons (Fsp3) is 0. The van der Waals surface area contributed by atoms with Crippen LogP contribution in [0.1, 0.15) is 4.88 Å². The highest BCUT2D eigenvalue weighted by atomic mass is 35.5. The Morgan fingerprint density at radius 3 is 2.31 bits per heavy atom. The summed E-state index contributed by atoms with van der Waals surface area (Å²) in [6.07, 6.45) is 0. The summed E-state index contributed by atoms with van der Waals surface area (Å²) >= 11 is 12.1. The van der Waals surface area contributed by atoms with Gasteiger partial charge in [0.15, 0.2) is 5.83 Å². The van der Waals surface area contributed by atoms with Crippen LogP contribution in [0.5, 0.6) is 0 Å². The van der Waals surface area contributed by atoms with Gasteiger partial charge < -0.3 is 0 Å². The van der Waals surface area contributed by atoms with Crippen molar-refractivity contribution < 1.29 is 4.39 Å². The molecule has 1 aromatic heterocycles. The molecule has 0 fully saturated rings. The van der Waals surface area contributed by atoms with Crippen molar-refractivity contribution in [2.45, 2.75) is 0 Å². The minimum Gasteiger partial charge on any atom is -0.203 e. The highest BCUT2D eigenvalue weighted by Crippen LogP contribution is 2.35. The van der Waals surface area contributed by atoms with Crippen LogP contribution in [-0.2, 0) is 0 Å². The third-order valence-electron chi connectivity index (χ3n) is 2.05. The lowest BCUT2D eigenvalue weighted by Crippen LogP contribution is -1.69. The predicted molar refractivity (Wildman–Crippen MR) is 69.5 cm³/mol. The zero-order valence-electron chi connectivity index (χ0n) is 8.08. The quantitative estimate of drug-likeness (QED) is 0.678. The van der Waals surface area contributed by atoms with E-state index in [1.165, 1.54) is 11.3 Å². The summed E-state index contributed by atoms with van der Waals surface area (Å²) in [5.74, 6) is -0.574. The molecule has 0 saturated carbocycles.